The molecule has 0 radical (unpaired) electrons. The van der Waals surface area contributed by atoms with Crippen molar-refractivity contribution in [2.45, 2.75) is 50.4 Å². The molecule has 6 heteroatoms. The van der Waals surface area contributed by atoms with Crippen molar-refractivity contribution in [2.75, 3.05) is 6.54 Å². The Hall–Kier alpha value is -1.11. The minimum atomic E-state index is -3.55. The average molecular weight is 298 g/mol. The smallest absolute Gasteiger partial charge is 0.276 e. The SMILES string of the molecule is C=CCN(C1CC1)S(=O)(=O)c1ccc(CNC(C)C)o1. The molecular formula is C14H22N2O3S. The molecule has 0 aliphatic heterocycles. The van der Waals surface area contributed by atoms with Crippen LogP contribution in [0.3, 0.4) is 0 Å². The zero-order chi connectivity index (χ0) is 14.8. The largest absolute Gasteiger partial charge is 0.447 e. The maximum Gasteiger partial charge on any atom is 0.276 e. The third-order valence-corrected chi connectivity index (χ3v) is 4.94. The lowest BCUT2D eigenvalue weighted by Gasteiger charge is -2.18. The lowest BCUT2D eigenvalue weighted by molar-refractivity contribution is 0.367. The van der Waals surface area contributed by atoms with Crippen molar-refractivity contribution in [1.29, 1.82) is 0 Å². The van der Waals surface area contributed by atoms with Gasteiger partial charge in [-0.05, 0) is 25.0 Å². The summed E-state index contributed by atoms with van der Waals surface area (Å²) < 4.78 is 32.0. The fourth-order valence-corrected chi connectivity index (χ4v) is 3.53. The molecule has 0 aromatic carbocycles. The van der Waals surface area contributed by atoms with Crippen LogP contribution in [0.4, 0.5) is 0 Å². The average Bonchev–Trinajstić information content (AvgIpc) is 3.09. The van der Waals surface area contributed by atoms with Crippen LogP contribution < -0.4 is 5.32 Å². The first-order chi connectivity index (χ1) is 9.45. The number of hydrogen-bond donors (Lipinski definition) is 1. The molecule has 1 aliphatic carbocycles. The highest BCUT2D eigenvalue weighted by atomic mass is 32.2. The van der Waals surface area contributed by atoms with E-state index in [1.165, 1.54) is 10.4 Å². The van der Waals surface area contributed by atoms with E-state index in [4.69, 9.17) is 4.42 Å². The lowest BCUT2D eigenvalue weighted by Crippen LogP contribution is -2.33. The Labute approximate surface area is 120 Å². The van der Waals surface area contributed by atoms with E-state index in [2.05, 4.69) is 11.9 Å². The molecule has 0 amide bonds. The van der Waals surface area contributed by atoms with Crippen LogP contribution in [0.15, 0.2) is 34.3 Å². The molecule has 0 bridgehead atoms. The Kier molecular flexibility index (Phi) is 4.67. The molecule has 1 aromatic rings. The van der Waals surface area contributed by atoms with Crippen molar-refractivity contribution in [1.82, 2.24) is 9.62 Å². The number of sulfonamides is 1. The summed E-state index contributed by atoms with van der Waals surface area (Å²) in [6, 6.07) is 3.66. The maximum atomic E-state index is 12.5. The number of furan rings is 1. The molecule has 1 aliphatic rings. The summed E-state index contributed by atoms with van der Waals surface area (Å²) in [5.74, 6) is 0.631. The van der Waals surface area contributed by atoms with Crippen molar-refractivity contribution in [3.63, 3.8) is 0 Å². The Balaban J connectivity index is 2.14. The molecule has 20 heavy (non-hydrogen) atoms. The number of rotatable bonds is 8. The fourth-order valence-electron chi connectivity index (χ4n) is 1.95. The highest BCUT2D eigenvalue weighted by Crippen LogP contribution is 2.32. The van der Waals surface area contributed by atoms with Crippen molar-refractivity contribution in [2.24, 2.45) is 0 Å². The van der Waals surface area contributed by atoms with E-state index < -0.39 is 10.0 Å². The highest BCUT2D eigenvalue weighted by Gasteiger charge is 2.38. The van der Waals surface area contributed by atoms with E-state index in [1.54, 1.807) is 12.1 Å². The van der Waals surface area contributed by atoms with Crippen LogP contribution in [0.25, 0.3) is 0 Å². The van der Waals surface area contributed by atoms with E-state index >= 15 is 0 Å². The number of nitrogens with zero attached hydrogens (tertiary/aromatic N) is 1. The van der Waals surface area contributed by atoms with Crippen LogP contribution in [0.2, 0.25) is 0 Å². The molecule has 0 saturated heterocycles. The second kappa shape index (κ2) is 6.11. The van der Waals surface area contributed by atoms with Crippen LogP contribution in [-0.2, 0) is 16.6 Å². The van der Waals surface area contributed by atoms with Gasteiger partial charge in [-0.1, -0.05) is 19.9 Å². The standard InChI is InChI=1S/C14H22N2O3S/c1-4-9-16(12-5-6-12)20(17,18)14-8-7-13(19-14)10-15-11(2)3/h4,7-8,11-12,15H,1,5-6,9-10H2,2-3H3. The second-order valence-corrected chi connectivity index (χ2v) is 7.17. The molecule has 1 N–H and O–H groups in total. The zero-order valence-corrected chi connectivity index (χ0v) is 12.8. The quantitative estimate of drug-likeness (QED) is 0.747. The first-order valence-corrected chi connectivity index (χ1v) is 8.34. The van der Waals surface area contributed by atoms with Crippen LogP contribution in [0, 0.1) is 0 Å². The molecule has 0 unspecified atom stereocenters. The van der Waals surface area contributed by atoms with E-state index in [9.17, 15) is 8.42 Å². The number of nitrogens with one attached hydrogen (secondary N) is 1. The van der Waals surface area contributed by atoms with Crippen molar-refractivity contribution in [3.8, 4) is 0 Å². The molecule has 0 atom stereocenters. The molecule has 1 saturated carbocycles. The van der Waals surface area contributed by atoms with Gasteiger partial charge < -0.3 is 9.73 Å². The van der Waals surface area contributed by atoms with Gasteiger partial charge in [-0.15, -0.1) is 6.58 Å². The summed E-state index contributed by atoms with van der Waals surface area (Å²) in [6.45, 7) is 8.53. The third kappa shape index (κ3) is 3.50. The van der Waals surface area contributed by atoms with Crippen LogP contribution in [-0.4, -0.2) is 31.4 Å². The Morgan fingerprint density at radius 3 is 2.75 bits per heavy atom. The van der Waals surface area contributed by atoms with Crippen molar-refractivity contribution >= 4 is 10.0 Å². The minimum Gasteiger partial charge on any atom is -0.447 e. The van der Waals surface area contributed by atoms with Crippen LogP contribution in [0.5, 0.6) is 0 Å². The van der Waals surface area contributed by atoms with Gasteiger partial charge in [0.25, 0.3) is 10.0 Å². The zero-order valence-electron chi connectivity index (χ0n) is 12.0. The van der Waals surface area contributed by atoms with Gasteiger partial charge in [0.15, 0.2) is 0 Å². The lowest BCUT2D eigenvalue weighted by atomic mass is 10.3. The predicted octanol–water partition coefficient (Wildman–Crippen LogP) is 2.12. The van der Waals surface area contributed by atoms with Gasteiger partial charge in [-0.25, -0.2) is 8.42 Å². The van der Waals surface area contributed by atoms with Gasteiger partial charge in [0.2, 0.25) is 5.09 Å². The first kappa shape index (κ1) is 15.3. The summed E-state index contributed by atoms with van der Waals surface area (Å²) in [6.07, 6.45) is 3.44. The third-order valence-electron chi connectivity index (χ3n) is 3.15. The summed E-state index contributed by atoms with van der Waals surface area (Å²) in [4.78, 5) is 0. The molecule has 5 nitrogen and oxygen atoms in total. The Bertz CT molecular complexity index is 559. The molecular weight excluding hydrogens is 276 g/mol. The molecule has 1 aromatic heterocycles. The summed E-state index contributed by atoms with van der Waals surface area (Å²) in [7, 11) is -3.55. The molecule has 1 fully saturated rings. The molecule has 2 rings (SSSR count). The predicted molar refractivity (Wildman–Crippen MR) is 77.8 cm³/mol. The van der Waals surface area contributed by atoms with Crippen molar-refractivity contribution in [3.05, 3.63) is 30.5 Å². The first-order valence-electron chi connectivity index (χ1n) is 6.90. The van der Waals surface area contributed by atoms with Gasteiger partial charge in [-0.3, -0.25) is 0 Å². The summed E-state index contributed by atoms with van der Waals surface area (Å²) >= 11 is 0. The summed E-state index contributed by atoms with van der Waals surface area (Å²) in [5.41, 5.74) is 0. The van der Waals surface area contributed by atoms with Gasteiger partial charge in [0, 0.05) is 18.6 Å². The van der Waals surface area contributed by atoms with E-state index in [1.807, 2.05) is 13.8 Å². The van der Waals surface area contributed by atoms with Gasteiger partial charge in [0.1, 0.15) is 5.76 Å². The van der Waals surface area contributed by atoms with E-state index in [0.29, 0.717) is 24.9 Å². The normalized spacial score (nSPS) is 16.0. The van der Waals surface area contributed by atoms with Crippen molar-refractivity contribution < 1.29 is 12.8 Å². The fraction of sp³-hybridized carbons (Fsp3) is 0.571. The van der Waals surface area contributed by atoms with E-state index in [0.717, 1.165) is 12.8 Å². The van der Waals surface area contributed by atoms with Gasteiger partial charge in [-0.2, -0.15) is 4.31 Å². The summed E-state index contributed by atoms with van der Waals surface area (Å²) in [5, 5.41) is 3.22. The van der Waals surface area contributed by atoms with Gasteiger partial charge in [0.05, 0.1) is 6.54 Å². The molecule has 112 valence electrons. The second-order valence-electron chi connectivity index (χ2n) is 5.35. The Morgan fingerprint density at radius 1 is 1.50 bits per heavy atom. The molecule has 0 spiro atoms. The maximum absolute atomic E-state index is 12.5. The van der Waals surface area contributed by atoms with Crippen LogP contribution in [0.1, 0.15) is 32.4 Å². The molecule has 1 heterocycles. The Morgan fingerprint density at radius 2 is 2.20 bits per heavy atom. The van der Waals surface area contributed by atoms with Gasteiger partial charge >= 0.3 is 0 Å². The topological polar surface area (TPSA) is 62.6 Å². The van der Waals surface area contributed by atoms with E-state index in [-0.39, 0.29) is 11.1 Å². The number of hydrogen-bond acceptors (Lipinski definition) is 4. The highest BCUT2D eigenvalue weighted by molar-refractivity contribution is 7.89. The minimum absolute atomic E-state index is 0.0202. The van der Waals surface area contributed by atoms with Crippen LogP contribution >= 0.6 is 0 Å². The monoisotopic (exact) mass is 298 g/mol.